The number of halogens is 1. The maximum Gasteiger partial charge on any atom is 0.220 e. The van der Waals surface area contributed by atoms with Crippen molar-refractivity contribution in [3.05, 3.63) is 47.1 Å². The smallest absolute Gasteiger partial charge is 0.220 e. The number of rotatable bonds is 7. The van der Waals surface area contributed by atoms with Crippen LogP contribution < -0.4 is 10.6 Å². The lowest BCUT2D eigenvalue weighted by Crippen LogP contribution is -2.58. The van der Waals surface area contributed by atoms with Crippen molar-refractivity contribution < 1.29 is 4.79 Å². The van der Waals surface area contributed by atoms with E-state index in [1.807, 2.05) is 36.4 Å². The molecule has 1 aromatic heterocycles. The lowest BCUT2D eigenvalue weighted by molar-refractivity contribution is -0.122. The number of aryl methyl sites for hydroxylation is 1. The Balaban J connectivity index is 1.47. The van der Waals surface area contributed by atoms with Gasteiger partial charge in [0, 0.05) is 41.0 Å². The number of carbonyl (C=O) groups excluding carboxylic acids is 1. The highest BCUT2D eigenvalue weighted by atomic mass is 35.5. The van der Waals surface area contributed by atoms with E-state index in [1.165, 1.54) is 0 Å². The average Bonchev–Trinajstić information content (AvgIpc) is 3.04. The van der Waals surface area contributed by atoms with Gasteiger partial charge in [-0.15, -0.1) is 0 Å². The lowest BCUT2D eigenvalue weighted by Gasteiger charge is -2.39. The van der Waals surface area contributed by atoms with Crippen molar-refractivity contribution in [3.63, 3.8) is 0 Å². The molecule has 3 rings (SSSR count). The van der Waals surface area contributed by atoms with Crippen LogP contribution >= 0.6 is 11.6 Å². The second-order valence-corrected chi connectivity index (χ2v) is 7.52. The van der Waals surface area contributed by atoms with Crippen molar-refractivity contribution >= 4 is 17.5 Å². The third-order valence-corrected chi connectivity index (χ3v) is 4.94. The lowest BCUT2D eigenvalue weighted by atomic mass is 9.85. The van der Waals surface area contributed by atoms with E-state index in [0.717, 1.165) is 34.8 Å². The molecule has 0 saturated heterocycles. The molecule has 3 N–H and O–H groups in total. The van der Waals surface area contributed by atoms with E-state index >= 15 is 0 Å². The summed E-state index contributed by atoms with van der Waals surface area (Å²) in [6, 6.07) is 13.0. The average molecular weight is 360 g/mol. The molecule has 1 fully saturated rings. The van der Waals surface area contributed by atoms with Crippen molar-refractivity contribution in [2.75, 3.05) is 0 Å². The standard InChI is InChI=1S/C20H26ClN3O/c1-13(2)22-18-10-11-19(18)24-20(25)12-8-16-7-9-17(23-16)14-3-5-15(21)6-4-14/h3-7,9,13,18-19,22-23H,8,10-12H2,1-2H3,(H,24,25)/t18-,19?/m1/s1. The zero-order valence-corrected chi connectivity index (χ0v) is 15.6. The summed E-state index contributed by atoms with van der Waals surface area (Å²) >= 11 is 5.93. The number of hydrogen-bond donors (Lipinski definition) is 3. The normalized spacial score (nSPS) is 19.7. The van der Waals surface area contributed by atoms with Crippen molar-refractivity contribution in [3.8, 4) is 11.3 Å². The van der Waals surface area contributed by atoms with E-state index in [9.17, 15) is 4.79 Å². The predicted molar refractivity (Wildman–Crippen MR) is 103 cm³/mol. The highest BCUT2D eigenvalue weighted by Gasteiger charge is 2.31. The van der Waals surface area contributed by atoms with E-state index in [4.69, 9.17) is 11.6 Å². The molecule has 0 aliphatic heterocycles. The molecule has 2 atom stereocenters. The molecule has 1 heterocycles. The summed E-state index contributed by atoms with van der Waals surface area (Å²) in [5.41, 5.74) is 3.22. The van der Waals surface area contributed by atoms with E-state index < -0.39 is 0 Å². The van der Waals surface area contributed by atoms with Gasteiger partial charge >= 0.3 is 0 Å². The van der Waals surface area contributed by atoms with Gasteiger partial charge in [0.05, 0.1) is 0 Å². The van der Waals surface area contributed by atoms with Crippen molar-refractivity contribution in [2.24, 2.45) is 0 Å². The minimum Gasteiger partial charge on any atom is -0.358 e. The number of aromatic amines is 1. The van der Waals surface area contributed by atoms with E-state index in [1.54, 1.807) is 0 Å². The van der Waals surface area contributed by atoms with Gasteiger partial charge in [0.15, 0.2) is 0 Å². The first-order valence-electron chi connectivity index (χ1n) is 9.00. The molecule has 1 saturated carbocycles. The molecule has 1 aliphatic carbocycles. The van der Waals surface area contributed by atoms with Crippen molar-refractivity contribution in [1.29, 1.82) is 0 Å². The van der Waals surface area contributed by atoms with Crippen LogP contribution in [0, 0.1) is 0 Å². The second kappa shape index (κ2) is 8.07. The van der Waals surface area contributed by atoms with Crippen molar-refractivity contribution in [2.45, 2.75) is 57.7 Å². The van der Waals surface area contributed by atoms with Crippen LogP contribution in [-0.2, 0) is 11.2 Å². The number of nitrogens with one attached hydrogen (secondary N) is 3. The topological polar surface area (TPSA) is 56.9 Å². The summed E-state index contributed by atoms with van der Waals surface area (Å²) in [5.74, 6) is 0.128. The number of carbonyl (C=O) groups is 1. The van der Waals surface area contributed by atoms with Gasteiger partial charge < -0.3 is 15.6 Å². The van der Waals surface area contributed by atoms with Gasteiger partial charge in [0.1, 0.15) is 0 Å². The number of benzene rings is 1. The van der Waals surface area contributed by atoms with E-state index in [2.05, 4.69) is 29.5 Å². The zero-order chi connectivity index (χ0) is 17.8. The van der Waals surface area contributed by atoms with Gasteiger partial charge in [0.25, 0.3) is 0 Å². The number of H-pyrrole nitrogens is 1. The van der Waals surface area contributed by atoms with Crippen LogP contribution in [0.5, 0.6) is 0 Å². The largest absolute Gasteiger partial charge is 0.358 e. The second-order valence-electron chi connectivity index (χ2n) is 7.08. The molecule has 1 aliphatic rings. The van der Waals surface area contributed by atoms with Gasteiger partial charge in [-0.1, -0.05) is 37.6 Å². The number of aromatic nitrogens is 1. The first-order valence-corrected chi connectivity index (χ1v) is 9.38. The van der Waals surface area contributed by atoms with Gasteiger partial charge in [-0.3, -0.25) is 4.79 Å². The number of amides is 1. The maximum atomic E-state index is 12.2. The molecule has 0 spiro atoms. The summed E-state index contributed by atoms with van der Waals surface area (Å²) in [6.07, 6.45) is 3.43. The Bertz CT molecular complexity index is 708. The molecule has 2 aromatic rings. The Morgan fingerprint density at radius 2 is 1.88 bits per heavy atom. The van der Waals surface area contributed by atoms with Crippen molar-refractivity contribution in [1.82, 2.24) is 15.6 Å². The van der Waals surface area contributed by atoms with Crippen LogP contribution in [0.1, 0.15) is 38.8 Å². The number of hydrogen-bond acceptors (Lipinski definition) is 2. The summed E-state index contributed by atoms with van der Waals surface area (Å²) in [6.45, 7) is 4.28. The predicted octanol–water partition coefficient (Wildman–Crippen LogP) is 3.91. The molecular weight excluding hydrogens is 334 g/mol. The molecule has 1 amide bonds. The Labute approximate surface area is 154 Å². The SMILES string of the molecule is CC(C)N[C@@H]1CCC1NC(=O)CCc1ccc(-c2ccc(Cl)cc2)[nH]1. The summed E-state index contributed by atoms with van der Waals surface area (Å²) in [7, 11) is 0. The fourth-order valence-electron chi connectivity index (χ4n) is 3.21. The Hall–Kier alpha value is -1.78. The van der Waals surface area contributed by atoms with Gasteiger partial charge in [-0.2, -0.15) is 0 Å². The van der Waals surface area contributed by atoms with E-state index in [-0.39, 0.29) is 11.9 Å². The minimum atomic E-state index is 0.128. The molecule has 1 aromatic carbocycles. The van der Waals surface area contributed by atoms with Crippen LogP contribution in [-0.4, -0.2) is 29.0 Å². The van der Waals surface area contributed by atoms with Crippen LogP contribution in [0.3, 0.4) is 0 Å². The van der Waals surface area contributed by atoms with Crippen LogP contribution in [0.15, 0.2) is 36.4 Å². The van der Waals surface area contributed by atoms with Crippen LogP contribution in [0.4, 0.5) is 0 Å². The van der Waals surface area contributed by atoms with E-state index in [0.29, 0.717) is 24.9 Å². The molecular formula is C20H26ClN3O. The highest BCUT2D eigenvalue weighted by Crippen LogP contribution is 2.22. The molecule has 4 nitrogen and oxygen atoms in total. The Kier molecular flexibility index (Phi) is 5.82. The third kappa shape index (κ3) is 4.86. The first-order chi connectivity index (χ1) is 12.0. The zero-order valence-electron chi connectivity index (χ0n) is 14.8. The van der Waals surface area contributed by atoms with Gasteiger partial charge in [0.2, 0.25) is 5.91 Å². The quantitative estimate of drug-likeness (QED) is 0.702. The monoisotopic (exact) mass is 359 g/mol. The fraction of sp³-hybridized carbons (Fsp3) is 0.450. The molecule has 134 valence electrons. The highest BCUT2D eigenvalue weighted by molar-refractivity contribution is 6.30. The molecule has 1 unspecified atom stereocenters. The van der Waals surface area contributed by atoms with Crippen LogP contribution in [0.2, 0.25) is 5.02 Å². The Morgan fingerprint density at radius 3 is 2.52 bits per heavy atom. The molecule has 25 heavy (non-hydrogen) atoms. The summed E-state index contributed by atoms with van der Waals surface area (Å²) < 4.78 is 0. The first kappa shape index (κ1) is 18.0. The summed E-state index contributed by atoms with van der Waals surface area (Å²) in [4.78, 5) is 15.6. The third-order valence-electron chi connectivity index (χ3n) is 4.69. The fourth-order valence-corrected chi connectivity index (χ4v) is 3.34. The molecule has 0 radical (unpaired) electrons. The molecule has 5 heteroatoms. The molecule has 0 bridgehead atoms. The minimum absolute atomic E-state index is 0.128. The summed E-state index contributed by atoms with van der Waals surface area (Å²) in [5, 5.41) is 7.39. The van der Waals surface area contributed by atoms with Gasteiger partial charge in [-0.25, -0.2) is 0 Å². The van der Waals surface area contributed by atoms with Crippen LogP contribution in [0.25, 0.3) is 11.3 Å². The van der Waals surface area contributed by atoms with Gasteiger partial charge in [-0.05, 0) is 49.1 Å². The maximum absolute atomic E-state index is 12.2. The Morgan fingerprint density at radius 1 is 1.16 bits per heavy atom.